The fourth-order valence-electron chi connectivity index (χ4n) is 4.80. The number of hydrogen-bond acceptors (Lipinski definition) is 8. The first-order valence-electron chi connectivity index (χ1n) is 13.4. The van der Waals surface area contributed by atoms with Crippen molar-refractivity contribution in [3.63, 3.8) is 0 Å². The predicted molar refractivity (Wildman–Crippen MR) is 170 cm³/mol. The van der Waals surface area contributed by atoms with E-state index in [9.17, 15) is 9.59 Å². The molecule has 10 heteroatoms. The zero-order valence-electron chi connectivity index (χ0n) is 23.8. The van der Waals surface area contributed by atoms with E-state index in [1.165, 1.54) is 18.4 Å². The lowest BCUT2D eigenvalue weighted by Gasteiger charge is -2.26. The molecule has 1 aliphatic heterocycles. The van der Waals surface area contributed by atoms with E-state index >= 15 is 0 Å². The van der Waals surface area contributed by atoms with Gasteiger partial charge in [-0.25, -0.2) is 9.79 Å². The van der Waals surface area contributed by atoms with Gasteiger partial charge in [0.15, 0.2) is 16.3 Å². The van der Waals surface area contributed by atoms with Crippen LogP contribution in [0.1, 0.15) is 29.7 Å². The third-order valence-corrected chi connectivity index (χ3v) is 8.31. The van der Waals surface area contributed by atoms with E-state index in [-0.39, 0.29) is 17.7 Å². The highest BCUT2D eigenvalue weighted by molar-refractivity contribution is 9.10. The first kappa shape index (κ1) is 30.1. The largest absolute Gasteiger partial charge is 0.493 e. The number of esters is 1. The van der Waals surface area contributed by atoms with E-state index < -0.39 is 12.0 Å². The number of thiazole rings is 1. The van der Waals surface area contributed by atoms with E-state index in [4.69, 9.17) is 23.9 Å². The van der Waals surface area contributed by atoms with Crippen molar-refractivity contribution >= 4 is 45.0 Å². The van der Waals surface area contributed by atoms with Crippen molar-refractivity contribution in [3.8, 4) is 17.2 Å². The molecule has 8 nitrogen and oxygen atoms in total. The van der Waals surface area contributed by atoms with Gasteiger partial charge in [0.2, 0.25) is 0 Å². The summed E-state index contributed by atoms with van der Waals surface area (Å²) in [6.45, 7) is 5.96. The first-order chi connectivity index (χ1) is 20.9. The first-order valence-corrected chi connectivity index (χ1v) is 15.0. The number of fused-ring (bicyclic) bond motifs is 1. The molecule has 0 fully saturated rings. The lowest BCUT2D eigenvalue weighted by molar-refractivity contribution is -0.138. The molecule has 1 aromatic heterocycles. The number of carbonyl (C=O) groups is 1. The van der Waals surface area contributed by atoms with Crippen LogP contribution in [0.5, 0.6) is 17.2 Å². The summed E-state index contributed by atoms with van der Waals surface area (Å²) >= 11 is 4.79. The summed E-state index contributed by atoms with van der Waals surface area (Å²) in [7, 11) is 3.09. The molecule has 2 heterocycles. The molecule has 3 aromatic carbocycles. The van der Waals surface area contributed by atoms with Crippen molar-refractivity contribution in [1.82, 2.24) is 4.57 Å². The Morgan fingerprint density at radius 3 is 2.47 bits per heavy atom. The second kappa shape index (κ2) is 13.3. The molecule has 0 spiro atoms. The van der Waals surface area contributed by atoms with Gasteiger partial charge >= 0.3 is 5.97 Å². The lowest BCUT2D eigenvalue weighted by atomic mass is 9.93. The van der Waals surface area contributed by atoms with Gasteiger partial charge in [0.05, 0.1) is 47.1 Å². The standard InChI is InChI=1S/C33H29BrN2O6S/c1-5-16-42-24-14-12-20(17-23(24)34)18-27-31(37)36-30(22-13-15-25(39-3)26(19-22)40-4)28(32(38)41-6-2)29(35-33(36)43-27)21-10-8-7-9-11-21/h5,7-15,17-19,30H,1,6,16H2,2-4H3/b27-18-/t30-/m1/s1. The van der Waals surface area contributed by atoms with Gasteiger partial charge in [-0.15, -0.1) is 0 Å². The monoisotopic (exact) mass is 660 g/mol. The number of methoxy groups -OCH3 is 2. The van der Waals surface area contributed by atoms with E-state index in [2.05, 4.69) is 22.5 Å². The smallest absolute Gasteiger partial charge is 0.338 e. The summed E-state index contributed by atoms with van der Waals surface area (Å²) in [6.07, 6.45) is 3.47. The van der Waals surface area contributed by atoms with Crippen LogP contribution in [0, 0.1) is 0 Å². The molecule has 0 unspecified atom stereocenters. The van der Waals surface area contributed by atoms with Gasteiger partial charge in [-0.2, -0.15) is 0 Å². The van der Waals surface area contributed by atoms with Gasteiger partial charge in [-0.1, -0.05) is 66.5 Å². The topological polar surface area (TPSA) is 88.3 Å². The van der Waals surface area contributed by atoms with Crippen molar-refractivity contribution in [1.29, 1.82) is 0 Å². The lowest BCUT2D eigenvalue weighted by Crippen LogP contribution is -2.40. The molecule has 5 rings (SSSR count). The normalized spacial score (nSPS) is 14.5. The Morgan fingerprint density at radius 1 is 1.05 bits per heavy atom. The second-order valence-corrected chi connectivity index (χ2v) is 11.2. The summed E-state index contributed by atoms with van der Waals surface area (Å²) in [5.74, 6) is 1.10. The number of benzene rings is 3. The molecule has 0 bridgehead atoms. The molecule has 220 valence electrons. The minimum atomic E-state index is -0.839. The zero-order valence-corrected chi connectivity index (χ0v) is 26.2. The molecule has 0 saturated carbocycles. The number of aromatic nitrogens is 1. The highest BCUT2D eigenvalue weighted by Crippen LogP contribution is 2.38. The molecule has 0 amide bonds. The Hall–Kier alpha value is -4.41. The molecule has 43 heavy (non-hydrogen) atoms. The van der Waals surface area contributed by atoms with Crippen molar-refractivity contribution < 1.29 is 23.7 Å². The van der Waals surface area contributed by atoms with Crippen LogP contribution in [0.3, 0.4) is 0 Å². The molecule has 0 aliphatic carbocycles. The Kier molecular flexibility index (Phi) is 9.27. The average Bonchev–Trinajstić information content (AvgIpc) is 3.34. The molecule has 0 radical (unpaired) electrons. The highest BCUT2D eigenvalue weighted by atomic mass is 79.9. The second-order valence-electron chi connectivity index (χ2n) is 9.34. The Bertz CT molecular complexity index is 1890. The maximum absolute atomic E-state index is 14.1. The van der Waals surface area contributed by atoms with Crippen LogP contribution in [0.25, 0.3) is 11.8 Å². The summed E-state index contributed by atoms with van der Waals surface area (Å²) < 4.78 is 25.0. The average molecular weight is 662 g/mol. The summed E-state index contributed by atoms with van der Waals surface area (Å²) in [5, 5.41) is 0. The molecule has 1 aliphatic rings. The van der Waals surface area contributed by atoms with E-state index in [0.29, 0.717) is 44.4 Å². The third-order valence-electron chi connectivity index (χ3n) is 6.71. The molecule has 0 saturated heterocycles. The van der Waals surface area contributed by atoms with Crippen LogP contribution in [0.15, 0.2) is 99.2 Å². The number of rotatable bonds is 10. The Morgan fingerprint density at radius 2 is 1.79 bits per heavy atom. The van der Waals surface area contributed by atoms with Gasteiger partial charge < -0.3 is 18.9 Å². The minimum Gasteiger partial charge on any atom is -0.493 e. The summed E-state index contributed by atoms with van der Waals surface area (Å²) in [6, 6.07) is 19.5. The summed E-state index contributed by atoms with van der Waals surface area (Å²) in [4.78, 5) is 33.2. The van der Waals surface area contributed by atoms with Crippen LogP contribution >= 0.6 is 27.3 Å². The number of nitrogens with zero attached hydrogens (tertiary/aromatic N) is 2. The van der Waals surface area contributed by atoms with Gasteiger partial charge in [-0.05, 0) is 64.3 Å². The number of carbonyl (C=O) groups excluding carboxylic acids is 1. The molecular weight excluding hydrogens is 632 g/mol. The van der Waals surface area contributed by atoms with Crippen molar-refractivity contribution in [2.75, 3.05) is 27.4 Å². The van der Waals surface area contributed by atoms with E-state index in [1.54, 1.807) is 42.9 Å². The number of ether oxygens (including phenoxy) is 4. The fourth-order valence-corrected chi connectivity index (χ4v) is 6.31. The number of hydrogen-bond donors (Lipinski definition) is 0. The van der Waals surface area contributed by atoms with Crippen LogP contribution in [0.4, 0.5) is 0 Å². The molecule has 0 N–H and O–H groups in total. The van der Waals surface area contributed by atoms with Crippen LogP contribution in [0.2, 0.25) is 0 Å². The van der Waals surface area contributed by atoms with Gasteiger partial charge in [0, 0.05) is 5.56 Å². The van der Waals surface area contributed by atoms with Gasteiger partial charge in [0.1, 0.15) is 12.4 Å². The van der Waals surface area contributed by atoms with Crippen molar-refractivity contribution in [3.05, 3.63) is 126 Å². The number of halogens is 1. The maximum Gasteiger partial charge on any atom is 0.338 e. The molecule has 4 aromatic rings. The molecule has 1 atom stereocenters. The zero-order chi connectivity index (χ0) is 30.5. The van der Waals surface area contributed by atoms with Gasteiger partial charge in [-0.3, -0.25) is 9.36 Å². The quantitative estimate of drug-likeness (QED) is 0.170. The van der Waals surface area contributed by atoms with E-state index in [1.807, 2.05) is 54.6 Å². The third kappa shape index (κ3) is 6.07. The van der Waals surface area contributed by atoms with Crippen LogP contribution in [-0.2, 0) is 9.53 Å². The maximum atomic E-state index is 14.1. The molecular formula is C33H29BrN2O6S. The van der Waals surface area contributed by atoms with Crippen molar-refractivity contribution in [2.24, 2.45) is 4.99 Å². The van der Waals surface area contributed by atoms with Crippen molar-refractivity contribution in [2.45, 2.75) is 13.0 Å². The predicted octanol–water partition coefficient (Wildman–Crippen LogP) is 5.28. The Labute approximate surface area is 261 Å². The minimum absolute atomic E-state index is 0.162. The fraction of sp³-hybridized carbons (Fsp3) is 0.182. The van der Waals surface area contributed by atoms with Crippen LogP contribution in [-0.4, -0.2) is 38.0 Å². The highest BCUT2D eigenvalue weighted by Gasteiger charge is 2.35. The van der Waals surface area contributed by atoms with Crippen LogP contribution < -0.4 is 29.1 Å². The van der Waals surface area contributed by atoms with Gasteiger partial charge in [0.25, 0.3) is 5.56 Å². The summed E-state index contributed by atoms with van der Waals surface area (Å²) in [5.41, 5.74) is 2.57. The SMILES string of the molecule is C=CCOc1ccc(/C=c2\sc3n(c2=O)[C@H](c2ccc(OC)c(OC)c2)C(C(=O)OCC)=C(c2ccccc2)N=3)cc1Br. The Balaban J connectivity index is 1.77. The van der Waals surface area contributed by atoms with E-state index in [0.717, 1.165) is 15.6 Å².